The lowest BCUT2D eigenvalue weighted by atomic mass is 10.1. The minimum absolute atomic E-state index is 0.0213. The van der Waals surface area contributed by atoms with Crippen LogP contribution in [0.5, 0.6) is 5.75 Å². The van der Waals surface area contributed by atoms with Gasteiger partial charge < -0.3 is 15.0 Å². The van der Waals surface area contributed by atoms with Crippen LogP contribution in [0.2, 0.25) is 0 Å². The molecule has 0 spiro atoms. The van der Waals surface area contributed by atoms with E-state index in [-0.39, 0.29) is 11.8 Å². The second kappa shape index (κ2) is 13.1. The Kier molecular flexibility index (Phi) is 10.4. The first-order valence-corrected chi connectivity index (χ1v) is 12.0. The number of nitrogens with zero attached hydrogens (tertiary/aromatic N) is 1. The third-order valence-corrected chi connectivity index (χ3v) is 6.01. The van der Waals surface area contributed by atoms with Crippen LogP contribution in [0.4, 0.5) is 0 Å². The van der Waals surface area contributed by atoms with Gasteiger partial charge in [0.05, 0.1) is 12.9 Å². The van der Waals surface area contributed by atoms with E-state index in [9.17, 15) is 9.59 Å². The van der Waals surface area contributed by atoms with Crippen LogP contribution in [0.1, 0.15) is 43.4 Å². The normalized spacial score (nSPS) is 11.6. The SMILES string of the molecule is CCCNC(=O)[C@H](CC)N(Cc1ccc(OC)cc1)C(=O)CSCc1cccc(C)c1. The number of hydrogen-bond donors (Lipinski definition) is 1. The zero-order valence-corrected chi connectivity index (χ0v) is 19.8. The molecule has 2 aromatic rings. The van der Waals surface area contributed by atoms with Crippen LogP contribution in [-0.4, -0.2) is 42.2 Å². The van der Waals surface area contributed by atoms with Gasteiger partial charge in [-0.1, -0.05) is 55.8 Å². The molecule has 0 aromatic heterocycles. The third kappa shape index (κ3) is 7.94. The number of nitrogens with one attached hydrogen (secondary N) is 1. The Labute approximate surface area is 190 Å². The predicted octanol–water partition coefficient (Wildman–Crippen LogP) is 4.57. The first-order chi connectivity index (χ1) is 15.0. The Morgan fingerprint density at radius 3 is 2.45 bits per heavy atom. The number of carbonyl (C=O) groups excluding carboxylic acids is 2. The van der Waals surface area contributed by atoms with Crippen molar-refractivity contribution in [2.75, 3.05) is 19.4 Å². The second-order valence-corrected chi connectivity index (χ2v) is 8.55. The van der Waals surface area contributed by atoms with Crippen molar-refractivity contribution in [3.63, 3.8) is 0 Å². The Morgan fingerprint density at radius 1 is 1.10 bits per heavy atom. The van der Waals surface area contributed by atoms with Crippen LogP contribution in [0.25, 0.3) is 0 Å². The van der Waals surface area contributed by atoms with Gasteiger partial charge in [0.25, 0.3) is 0 Å². The fourth-order valence-electron chi connectivity index (χ4n) is 3.35. The molecule has 0 aliphatic rings. The highest BCUT2D eigenvalue weighted by Gasteiger charge is 2.28. The van der Waals surface area contributed by atoms with E-state index in [1.807, 2.05) is 44.2 Å². The first kappa shape index (κ1) is 24.8. The molecule has 2 rings (SSSR count). The molecule has 0 radical (unpaired) electrons. The van der Waals surface area contributed by atoms with Crippen molar-refractivity contribution < 1.29 is 14.3 Å². The van der Waals surface area contributed by atoms with Gasteiger partial charge in [-0.15, -0.1) is 11.8 Å². The zero-order chi connectivity index (χ0) is 22.6. The molecule has 0 saturated heterocycles. The fourth-order valence-corrected chi connectivity index (χ4v) is 4.21. The fraction of sp³-hybridized carbons (Fsp3) is 0.440. The van der Waals surface area contributed by atoms with Gasteiger partial charge in [0, 0.05) is 18.8 Å². The lowest BCUT2D eigenvalue weighted by Gasteiger charge is -2.30. The standard InChI is InChI=1S/C25H34N2O3S/c1-5-14-26-25(29)23(6-2)27(16-20-10-12-22(30-4)13-11-20)24(28)18-31-17-21-9-7-8-19(3)15-21/h7-13,15,23H,5-6,14,16-18H2,1-4H3,(H,26,29)/t23-/m0/s1. The molecule has 1 N–H and O–H groups in total. The number of benzene rings is 2. The van der Waals surface area contributed by atoms with Crippen molar-refractivity contribution in [3.8, 4) is 5.75 Å². The van der Waals surface area contributed by atoms with Gasteiger partial charge in [-0.25, -0.2) is 0 Å². The van der Waals surface area contributed by atoms with Crippen molar-refractivity contribution >= 4 is 23.6 Å². The minimum Gasteiger partial charge on any atom is -0.497 e. The highest BCUT2D eigenvalue weighted by atomic mass is 32.2. The molecule has 2 amide bonds. The summed E-state index contributed by atoms with van der Waals surface area (Å²) in [5.41, 5.74) is 3.39. The molecule has 6 heteroatoms. The zero-order valence-electron chi connectivity index (χ0n) is 19.0. The Hall–Kier alpha value is -2.47. The van der Waals surface area contributed by atoms with Gasteiger partial charge in [0.2, 0.25) is 11.8 Å². The summed E-state index contributed by atoms with van der Waals surface area (Å²) in [5.74, 6) is 1.76. The minimum atomic E-state index is -0.485. The van der Waals surface area contributed by atoms with Gasteiger partial charge in [-0.3, -0.25) is 9.59 Å². The topological polar surface area (TPSA) is 58.6 Å². The molecular weight excluding hydrogens is 408 g/mol. The summed E-state index contributed by atoms with van der Waals surface area (Å²) in [6.07, 6.45) is 1.43. The number of thioether (sulfide) groups is 1. The molecule has 31 heavy (non-hydrogen) atoms. The molecule has 0 fully saturated rings. The molecule has 0 heterocycles. The second-order valence-electron chi connectivity index (χ2n) is 7.57. The largest absolute Gasteiger partial charge is 0.497 e. The maximum absolute atomic E-state index is 13.2. The number of amides is 2. The Bertz CT molecular complexity index is 839. The van der Waals surface area contributed by atoms with Crippen LogP contribution in [-0.2, 0) is 21.9 Å². The number of rotatable bonds is 12. The average Bonchev–Trinajstić information content (AvgIpc) is 2.78. The number of hydrogen-bond acceptors (Lipinski definition) is 4. The van der Waals surface area contributed by atoms with E-state index in [4.69, 9.17) is 4.74 Å². The van der Waals surface area contributed by atoms with Gasteiger partial charge >= 0.3 is 0 Å². The number of ether oxygens (including phenoxy) is 1. The summed E-state index contributed by atoms with van der Waals surface area (Å²) < 4.78 is 5.23. The van der Waals surface area contributed by atoms with Crippen molar-refractivity contribution in [1.29, 1.82) is 0 Å². The van der Waals surface area contributed by atoms with E-state index in [1.54, 1.807) is 23.8 Å². The summed E-state index contributed by atoms with van der Waals surface area (Å²) in [7, 11) is 1.63. The van der Waals surface area contributed by atoms with E-state index in [2.05, 4.69) is 30.4 Å². The smallest absolute Gasteiger partial charge is 0.242 e. The molecule has 5 nitrogen and oxygen atoms in total. The summed E-state index contributed by atoms with van der Waals surface area (Å²) in [6.45, 7) is 7.04. The molecule has 1 atom stereocenters. The predicted molar refractivity (Wildman–Crippen MR) is 128 cm³/mol. The molecule has 0 aliphatic carbocycles. The maximum Gasteiger partial charge on any atom is 0.242 e. The van der Waals surface area contributed by atoms with E-state index in [0.29, 0.717) is 25.3 Å². The van der Waals surface area contributed by atoms with E-state index in [0.717, 1.165) is 23.5 Å². The molecule has 0 saturated carbocycles. The van der Waals surface area contributed by atoms with E-state index < -0.39 is 6.04 Å². The van der Waals surface area contributed by atoms with Crippen LogP contribution < -0.4 is 10.1 Å². The molecule has 0 aliphatic heterocycles. The number of carbonyl (C=O) groups is 2. The molecular formula is C25H34N2O3S. The van der Waals surface area contributed by atoms with Crippen LogP contribution in [0.15, 0.2) is 48.5 Å². The summed E-state index contributed by atoms with van der Waals surface area (Å²) >= 11 is 1.58. The summed E-state index contributed by atoms with van der Waals surface area (Å²) in [5, 5.41) is 2.95. The highest BCUT2D eigenvalue weighted by Crippen LogP contribution is 2.19. The van der Waals surface area contributed by atoms with Crippen molar-refractivity contribution in [3.05, 3.63) is 65.2 Å². The lowest BCUT2D eigenvalue weighted by molar-refractivity contribution is -0.139. The Morgan fingerprint density at radius 2 is 1.84 bits per heavy atom. The van der Waals surface area contributed by atoms with Gasteiger partial charge in [0.1, 0.15) is 11.8 Å². The lowest BCUT2D eigenvalue weighted by Crippen LogP contribution is -2.49. The van der Waals surface area contributed by atoms with Crippen molar-refractivity contribution in [1.82, 2.24) is 10.2 Å². The van der Waals surface area contributed by atoms with Crippen molar-refractivity contribution in [2.24, 2.45) is 0 Å². The van der Waals surface area contributed by atoms with E-state index >= 15 is 0 Å². The summed E-state index contributed by atoms with van der Waals surface area (Å²) in [4.78, 5) is 27.7. The summed E-state index contributed by atoms with van der Waals surface area (Å²) in [6, 6.07) is 15.5. The molecule has 168 valence electrons. The van der Waals surface area contributed by atoms with Crippen LogP contribution in [0, 0.1) is 6.92 Å². The Balaban J connectivity index is 2.11. The number of methoxy groups -OCH3 is 1. The van der Waals surface area contributed by atoms with Gasteiger partial charge in [-0.2, -0.15) is 0 Å². The third-order valence-electron chi connectivity index (χ3n) is 5.02. The molecule has 2 aromatic carbocycles. The van der Waals surface area contributed by atoms with Crippen molar-refractivity contribution in [2.45, 2.75) is 52.0 Å². The van der Waals surface area contributed by atoms with Crippen LogP contribution >= 0.6 is 11.8 Å². The van der Waals surface area contributed by atoms with E-state index in [1.165, 1.54) is 11.1 Å². The first-order valence-electron chi connectivity index (χ1n) is 10.8. The quantitative estimate of drug-likeness (QED) is 0.523. The van der Waals surface area contributed by atoms with Gasteiger partial charge in [0.15, 0.2) is 0 Å². The highest BCUT2D eigenvalue weighted by molar-refractivity contribution is 7.99. The number of aryl methyl sites for hydroxylation is 1. The van der Waals surface area contributed by atoms with Gasteiger partial charge in [-0.05, 0) is 43.0 Å². The monoisotopic (exact) mass is 442 g/mol. The molecule has 0 bridgehead atoms. The maximum atomic E-state index is 13.2. The average molecular weight is 443 g/mol. The van der Waals surface area contributed by atoms with Crippen LogP contribution in [0.3, 0.4) is 0 Å². The molecule has 0 unspecified atom stereocenters.